The van der Waals surface area contributed by atoms with E-state index in [1.807, 2.05) is 32.0 Å². The number of nitrogens with one attached hydrogen (secondary N) is 1. The molecule has 1 heterocycles. The molecule has 0 atom stereocenters. The quantitative estimate of drug-likeness (QED) is 0.886. The number of nitrogens with zero attached hydrogens (tertiary/aromatic N) is 1. The highest BCUT2D eigenvalue weighted by Gasteiger charge is 2.21. The van der Waals surface area contributed by atoms with E-state index in [9.17, 15) is 4.79 Å². The van der Waals surface area contributed by atoms with Crippen LogP contribution in [0.4, 0.5) is 5.82 Å². The SMILES string of the molecule is CC(C)(CCc1ccccc1)NC(=O)c1ccnc(N)c1. The van der Waals surface area contributed by atoms with E-state index >= 15 is 0 Å². The summed E-state index contributed by atoms with van der Waals surface area (Å²) in [5, 5.41) is 3.05. The van der Waals surface area contributed by atoms with E-state index in [0.717, 1.165) is 12.8 Å². The van der Waals surface area contributed by atoms with Gasteiger partial charge in [0.2, 0.25) is 0 Å². The van der Waals surface area contributed by atoms with Crippen LogP contribution < -0.4 is 11.1 Å². The van der Waals surface area contributed by atoms with Crippen LogP contribution in [0.25, 0.3) is 0 Å². The normalized spacial score (nSPS) is 11.1. The highest BCUT2D eigenvalue weighted by Crippen LogP contribution is 2.15. The number of benzene rings is 1. The van der Waals surface area contributed by atoms with Gasteiger partial charge in [0, 0.05) is 17.3 Å². The molecule has 2 rings (SSSR count). The number of anilines is 1. The highest BCUT2D eigenvalue weighted by atomic mass is 16.1. The number of rotatable bonds is 5. The van der Waals surface area contributed by atoms with Crippen molar-refractivity contribution in [2.75, 3.05) is 5.73 Å². The number of aryl methyl sites for hydroxylation is 1. The van der Waals surface area contributed by atoms with Gasteiger partial charge in [-0.15, -0.1) is 0 Å². The Balaban J connectivity index is 1.95. The van der Waals surface area contributed by atoms with Crippen LogP contribution in [-0.4, -0.2) is 16.4 Å². The second-order valence-corrected chi connectivity index (χ2v) is 5.79. The molecule has 4 heteroatoms. The van der Waals surface area contributed by atoms with Crippen LogP contribution in [0, 0.1) is 0 Å². The summed E-state index contributed by atoms with van der Waals surface area (Å²) in [4.78, 5) is 16.1. The van der Waals surface area contributed by atoms with Gasteiger partial charge in [0.05, 0.1) is 0 Å². The zero-order valence-electron chi connectivity index (χ0n) is 12.5. The third-order valence-corrected chi connectivity index (χ3v) is 3.38. The van der Waals surface area contributed by atoms with E-state index in [4.69, 9.17) is 5.73 Å². The molecule has 0 aliphatic heterocycles. The minimum absolute atomic E-state index is 0.123. The van der Waals surface area contributed by atoms with Gasteiger partial charge < -0.3 is 11.1 Å². The van der Waals surface area contributed by atoms with E-state index in [1.165, 1.54) is 5.56 Å². The zero-order chi connectivity index (χ0) is 15.3. The number of nitrogen functional groups attached to an aromatic ring is 1. The fraction of sp³-hybridized carbons (Fsp3) is 0.294. The molecule has 0 bridgehead atoms. The molecule has 1 aromatic carbocycles. The Morgan fingerprint density at radius 3 is 2.62 bits per heavy atom. The number of hydrogen-bond donors (Lipinski definition) is 2. The van der Waals surface area contributed by atoms with E-state index in [0.29, 0.717) is 11.4 Å². The summed E-state index contributed by atoms with van der Waals surface area (Å²) < 4.78 is 0. The van der Waals surface area contributed by atoms with E-state index in [1.54, 1.807) is 18.3 Å². The Bertz CT molecular complexity index is 608. The van der Waals surface area contributed by atoms with Gasteiger partial charge in [-0.05, 0) is 44.4 Å². The fourth-order valence-corrected chi connectivity index (χ4v) is 2.13. The standard InChI is InChI=1S/C17H21N3O/c1-17(2,10-8-13-6-4-3-5-7-13)20-16(21)14-9-11-19-15(18)12-14/h3-7,9,11-12H,8,10H2,1-2H3,(H2,18,19)(H,20,21). The molecular weight excluding hydrogens is 262 g/mol. The summed E-state index contributed by atoms with van der Waals surface area (Å²) in [5.74, 6) is 0.229. The molecule has 0 spiro atoms. The Morgan fingerprint density at radius 2 is 1.95 bits per heavy atom. The summed E-state index contributed by atoms with van der Waals surface area (Å²) in [7, 11) is 0. The minimum atomic E-state index is -0.287. The lowest BCUT2D eigenvalue weighted by atomic mass is 9.95. The summed E-state index contributed by atoms with van der Waals surface area (Å²) in [6, 6.07) is 13.5. The van der Waals surface area contributed by atoms with Gasteiger partial charge in [-0.2, -0.15) is 0 Å². The summed E-state index contributed by atoms with van der Waals surface area (Å²) >= 11 is 0. The van der Waals surface area contributed by atoms with Gasteiger partial charge in [-0.3, -0.25) is 4.79 Å². The van der Waals surface area contributed by atoms with Crippen LogP contribution in [0.3, 0.4) is 0 Å². The van der Waals surface area contributed by atoms with Gasteiger partial charge in [0.25, 0.3) is 5.91 Å². The molecule has 0 aliphatic rings. The third kappa shape index (κ3) is 4.60. The maximum Gasteiger partial charge on any atom is 0.251 e. The van der Waals surface area contributed by atoms with Gasteiger partial charge in [0.15, 0.2) is 0 Å². The third-order valence-electron chi connectivity index (χ3n) is 3.38. The van der Waals surface area contributed by atoms with Crippen LogP contribution >= 0.6 is 0 Å². The summed E-state index contributed by atoms with van der Waals surface area (Å²) in [5.41, 5.74) is 7.13. The molecule has 110 valence electrons. The second kappa shape index (κ2) is 6.39. The number of carbonyl (C=O) groups is 1. The number of carbonyl (C=O) groups excluding carboxylic acids is 1. The summed E-state index contributed by atoms with van der Waals surface area (Å²) in [6.07, 6.45) is 3.33. The van der Waals surface area contributed by atoms with E-state index in [2.05, 4.69) is 22.4 Å². The average molecular weight is 283 g/mol. The summed E-state index contributed by atoms with van der Waals surface area (Å²) in [6.45, 7) is 4.05. The lowest BCUT2D eigenvalue weighted by Crippen LogP contribution is -2.43. The highest BCUT2D eigenvalue weighted by molar-refractivity contribution is 5.95. The monoisotopic (exact) mass is 283 g/mol. The van der Waals surface area contributed by atoms with Crippen molar-refractivity contribution in [3.63, 3.8) is 0 Å². The van der Waals surface area contributed by atoms with Crippen LogP contribution in [0.15, 0.2) is 48.7 Å². The first-order chi connectivity index (χ1) is 9.96. The zero-order valence-corrected chi connectivity index (χ0v) is 12.5. The number of pyridine rings is 1. The Morgan fingerprint density at radius 1 is 1.24 bits per heavy atom. The molecule has 1 aromatic heterocycles. The minimum Gasteiger partial charge on any atom is -0.384 e. The Hall–Kier alpha value is -2.36. The molecule has 21 heavy (non-hydrogen) atoms. The van der Waals surface area contributed by atoms with Crippen molar-refractivity contribution in [2.45, 2.75) is 32.2 Å². The first kappa shape index (κ1) is 15.0. The second-order valence-electron chi connectivity index (χ2n) is 5.79. The van der Waals surface area contributed by atoms with Gasteiger partial charge in [-0.25, -0.2) is 4.98 Å². The van der Waals surface area contributed by atoms with Gasteiger partial charge in [-0.1, -0.05) is 30.3 Å². The van der Waals surface area contributed by atoms with Crippen molar-refractivity contribution in [2.24, 2.45) is 0 Å². The number of hydrogen-bond acceptors (Lipinski definition) is 3. The van der Waals surface area contributed by atoms with Crippen molar-refractivity contribution in [1.29, 1.82) is 0 Å². The molecule has 0 fully saturated rings. The molecule has 0 saturated carbocycles. The lowest BCUT2D eigenvalue weighted by Gasteiger charge is -2.26. The molecule has 0 aliphatic carbocycles. The van der Waals surface area contributed by atoms with Gasteiger partial charge in [0.1, 0.15) is 5.82 Å². The molecule has 1 amide bonds. The average Bonchev–Trinajstić information content (AvgIpc) is 2.46. The Labute approximate surface area is 125 Å². The first-order valence-electron chi connectivity index (χ1n) is 7.04. The maximum atomic E-state index is 12.2. The van der Waals surface area contributed by atoms with Crippen LogP contribution in [-0.2, 0) is 6.42 Å². The predicted molar refractivity (Wildman–Crippen MR) is 85.0 cm³/mol. The van der Waals surface area contributed by atoms with Crippen LogP contribution in [0.2, 0.25) is 0 Å². The largest absolute Gasteiger partial charge is 0.384 e. The number of amides is 1. The van der Waals surface area contributed by atoms with Gasteiger partial charge >= 0.3 is 0 Å². The molecular formula is C17H21N3O. The topological polar surface area (TPSA) is 68.0 Å². The van der Waals surface area contributed by atoms with Crippen molar-refractivity contribution in [3.8, 4) is 0 Å². The Kier molecular flexibility index (Phi) is 4.58. The molecule has 0 radical (unpaired) electrons. The van der Waals surface area contributed by atoms with E-state index < -0.39 is 0 Å². The first-order valence-corrected chi connectivity index (χ1v) is 7.04. The molecule has 2 aromatic rings. The molecule has 3 N–H and O–H groups in total. The van der Waals surface area contributed by atoms with Crippen molar-refractivity contribution >= 4 is 11.7 Å². The number of nitrogens with two attached hydrogens (primary N) is 1. The lowest BCUT2D eigenvalue weighted by molar-refractivity contribution is 0.0909. The molecule has 0 saturated heterocycles. The predicted octanol–water partition coefficient (Wildman–Crippen LogP) is 2.81. The van der Waals surface area contributed by atoms with Crippen molar-refractivity contribution < 1.29 is 4.79 Å². The van der Waals surface area contributed by atoms with Crippen molar-refractivity contribution in [3.05, 3.63) is 59.8 Å². The smallest absolute Gasteiger partial charge is 0.251 e. The number of aromatic nitrogens is 1. The van der Waals surface area contributed by atoms with E-state index in [-0.39, 0.29) is 11.4 Å². The van der Waals surface area contributed by atoms with Crippen LogP contribution in [0.1, 0.15) is 36.2 Å². The molecule has 0 unspecified atom stereocenters. The van der Waals surface area contributed by atoms with Crippen molar-refractivity contribution in [1.82, 2.24) is 10.3 Å². The fourth-order valence-electron chi connectivity index (χ4n) is 2.13. The maximum absolute atomic E-state index is 12.2. The van der Waals surface area contributed by atoms with Crippen LogP contribution in [0.5, 0.6) is 0 Å². The molecule has 4 nitrogen and oxygen atoms in total.